The molecule has 3 aromatic rings. The molecule has 0 saturated carbocycles. The van der Waals surface area contributed by atoms with E-state index in [9.17, 15) is 9.59 Å². The van der Waals surface area contributed by atoms with Crippen molar-refractivity contribution in [3.63, 3.8) is 0 Å². The summed E-state index contributed by atoms with van der Waals surface area (Å²) in [6, 6.07) is 17.8. The van der Waals surface area contributed by atoms with Crippen molar-refractivity contribution < 1.29 is 23.5 Å². The molecule has 3 rings (SSSR count). The van der Waals surface area contributed by atoms with Crippen molar-refractivity contribution in [2.24, 2.45) is 0 Å². The van der Waals surface area contributed by atoms with E-state index in [1.165, 1.54) is 12.7 Å². The molecule has 1 heterocycles. The molecule has 0 bridgehead atoms. The highest BCUT2D eigenvalue weighted by Crippen LogP contribution is 2.25. The molecule has 6 heteroatoms. The molecule has 0 aliphatic carbocycles. The molecule has 0 saturated heterocycles. The predicted octanol–water partition coefficient (Wildman–Crippen LogP) is 5.20. The zero-order chi connectivity index (χ0) is 21.7. The smallest absolute Gasteiger partial charge is 0.339 e. The minimum atomic E-state index is -0.531. The predicted molar refractivity (Wildman–Crippen MR) is 114 cm³/mol. The van der Waals surface area contributed by atoms with Gasteiger partial charge < -0.3 is 19.2 Å². The Morgan fingerprint density at radius 3 is 2.33 bits per heavy atom. The van der Waals surface area contributed by atoms with Crippen LogP contribution in [0, 0.1) is 0 Å². The summed E-state index contributed by atoms with van der Waals surface area (Å²) < 4.78 is 16.1. The number of anilines is 1. The van der Waals surface area contributed by atoms with E-state index < -0.39 is 11.9 Å². The van der Waals surface area contributed by atoms with Gasteiger partial charge in [-0.2, -0.15) is 0 Å². The maximum Gasteiger partial charge on any atom is 0.339 e. The Kier molecular flexibility index (Phi) is 6.26. The number of hydrogen-bond acceptors (Lipinski definition) is 5. The van der Waals surface area contributed by atoms with E-state index in [1.807, 2.05) is 24.3 Å². The highest BCUT2D eigenvalue weighted by atomic mass is 16.5. The summed E-state index contributed by atoms with van der Waals surface area (Å²) in [6.07, 6.45) is 0. The van der Waals surface area contributed by atoms with Crippen molar-refractivity contribution in [1.82, 2.24) is 0 Å². The van der Waals surface area contributed by atoms with E-state index in [4.69, 9.17) is 13.9 Å². The van der Waals surface area contributed by atoms with Gasteiger partial charge in [-0.3, -0.25) is 4.79 Å². The van der Waals surface area contributed by atoms with Crippen molar-refractivity contribution >= 4 is 17.6 Å². The third-order valence-electron chi connectivity index (χ3n) is 4.57. The molecule has 1 aromatic heterocycles. The van der Waals surface area contributed by atoms with E-state index in [0.717, 1.165) is 5.75 Å². The highest BCUT2D eigenvalue weighted by molar-refractivity contribution is 6.06. The largest absolute Gasteiger partial charge is 0.486 e. The number of carbonyl (C=O) groups excluding carboxylic acids is 2. The van der Waals surface area contributed by atoms with Gasteiger partial charge in [0.25, 0.3) is 5.91 Å². The lowest BCUT2D eigenvalue weighted by molar-refractivity contribution is 0.0602. The summed E-state index contributed by atoms with van der Waals surface area (Å²) in [5.41, 5.74) is 1.91. The maximum atomic E-state index is 12.5. The number of benzene rings is 2. The zero-order valence-electron chi connectivity index (χ0n) is 17.5. The van der Waals surface area contributed by atoms with Gasteiger partial charge >= 0.3 is 5.97 Å². The van der Waals surface area contributed by atoms with Crippen LogP contribution in [-0.2, 0) is 16.8 Å². The van der Waals surface area contributed by atoms with Gasteiger partial charge in [-0.1, -0.05) is 45.0 Å². The maximum absolute atomic E-state index is 12.5. The number of methoxy groups -OCH3 is 1. The number of rotatable bonds is 6. The Morgan fingerprint density at radius 2 is 1.67 bits per heavy atom. The summed E-state index contributed by atoms with van der Waals surface area (Å²) in [6.45, 7) is 6.66. The van der Waals surface area contributed by atoms with Gasteiger partial charge in [0.15, 0.2) is 5.76 Å². The van der Waals surface area contributed by atoms with Crippen molar-refractivity contribution in [2.75, 3.05) is 12.4 Å². The summed E-state index contributed by atoms with van der Waals surface area (Å²) in [5.74, 6) is 0.360. The third-order valence-corrected chi connectivity index (χ3v) is 4.57. The molecule has 156 valence electrons. The highest BCUT2D eigenvalue weighted by Gasteiger charge is 2.17. The topological polar surface area (TPSA) is 77.8 Å². The number of para-hydroxylation sites is 1. The second-order valence-electron chi connectivity index (χ2n) is 7.82. The summed E-state index contributed by atoms with van der Waals surface area (Å²) in [5, 5.41) is 2.68. The summed E-state index contributed by atoms with van der Waals surface area (Å²) in [7, 11) is 1.29. The first kappa shape index (κ1) is 21.2. The second-order valence-corrected chi connectivity index (χ2v) is 7.82. The van der Waals surface area contributed by atoms with Crippen molar-refractivity contribution in [1.29, 1.82) is 0 Å². The molecule has 0 unspecified atom stereocenters. The molecule has 0 radical (unpaired) electrons. The first-order valence-corrected chi connectivity index (χ1v) is 9.58. The molecule has 0 fully saturated rings. The monoisotopic (exact) mass is 407 g/mol. The molecule has 1 amide bonds. The van der Waals surface area contributed by atoms with Crippen molar-refractivity contribution in [3.8, 4) is 5.75 Å². The lowest BCUT2D eigenvalue weighted by Crippen LogP contribution is -2.14. The molecule has 30 heavy (non-hydrogen) atoms. The molecular formula is C24H25NO5. The van der Waals surface area contributed by atoms with Crippen LogP contribution < -0.4 is 10.1 Å². The Morgan fingerprint density at radius 1 is 0.967 bits per heavy atom. The lowest BCUT2D eigenvalue weighted by Gasteiger charge is -2.19. The van der Waals surface area contributed by atoms with Crippen LogP contribution >= 0.6 is 0 Å². The fraction of sp³-hybridized carbons (Fsp3) is 0.250. The molecule has 0 aliphatic rings. The lowest BCUT2D eigenvalue weighted by atomic mass is 9.87. The Balaban J connectivity index is 1.62. The number of hydrogen-bond donors (Lipinski definition) is 1. The minimum absolute atomic E-state index is 0.0777. The molecule has 2 aromatic carbocycles. The van der Waals surface area contributed by atoms with Gasteiger partial charge in [0, 0.05) is 0 Å². The SMILES string of the molecule is COC(=O)c1ccccc1NC(=O)c1ccc(COc2ccc(C(C)(C)C)cc2)o1. The average Bonchev–Trinajstić information content (AvgIpc) is 3.21. The van der Waals surface area contributed by atoms with Gasteiger partial charge in [0.1, 0.15) is 18.1 Å². The van der Waals surface area contributed by atoms with Gasteiger partial charge in [-0.25, -0.2) is 4.79 Å². The molecule has 0 atom stereocenters. The Labute approximate surface area is 175 Å². The van der Waals surface area contributed by atoms with Crippen LogP contribution in [0.3, 0.4) is 0 Å². The van der Waals surface area contributed by atoms with E-state index in [2.05, 4.69) is 26.1 Å². The minimum Gasteiger partial charge on any atom is -0.486 e. The van der Waals surface area contributed by atoms with E-state index in [-0.39, 0.29) is 23.3 Å². The number of carbonyl (C=O) groups is 2. The van der Waals surface area contributed by atoms with Crippen LogP contribution in [0.1, 0.15) is 53.0 Å². The first-order chi connectivity index (χ1) is 14.3. The number of nitrogens with one attached hydrogen (secondary N) is 1. The summed E-state index contributed by atoms with van der Waals surface area (Å²) >= 11 is 0. The molecular weight excluding hydrogens is 382 g/mol. The average molecular weight is 407 g/mol. The second kappa shape index (κ2) is 8.86. The van der Waals surface area contributed by atoms with Gasteiger partial charge in [0.05, 0.1) is 18.4 Å². The van der Waals surface area contributed by atoms with Gasteiger partial charge in [0.2, 0.25) is 0 Å². The number of ether oxygens (including phenoxy) is 2. The van der Waals surface area contributed by atoms with Crippen LogP contribution in [-0.4, -0.2) is 19.0 Å². The van der Waals surface area contributed by atoms with Crippen LogP contribution in [0.4, 0.5) is 5.69 Å². The normalized spacial score (nSPS) is 11.1. The third kappa shape index (κ3) is 5.08. The zero-order valence-corrected chi connectivity index (χ0v) is 17.5. The quantitative estimate of drug-likeness (QED) is 0.569. The van der Waals surface area contributed by atoms with Gasteiger partial charge in [-0.15, -0.1) is 0 Å². The van der Waals surface area contributed by atoms with Crippen LogP contribution in [0.5, 0.6) is 5.75 Å². The van der Waals surface area contributed by atoms with E-state index in [1.54, 1.807) is 36.4 Å². The Bertz CT molecular complexity index is 1030. The molecule has 0 spiro atoms. The molecule has 1 N–H and O–H groups in total. The summed E-state index contributed by atoms with van der Waals surface area (Å²) in [4.78, 5) is 24.3. The standard InChI is InChI=1S/C24H25NO5/c1-24(2,3)16-9-11-17(12-10-16)29-15-18-13-14-21(30-18)22(26)25-20-8-6-5-7-19(20)23(27)28-4/h5-14H,15H2,1-4H3,(H,25,26). The van der Waals surface area contributed by atoms with Gasteiger partial charge in [-0.05, 0) is 47.4 Å². The molecule has 6 nitrogen and oxygen atoms in total. The number of esters is 1. The molecule has 0 aliphatic heterocycles. The van der Waals surface area contributed by atoms with E-state index >= 15 is 0 Å². The number of furan rings is 1. The van der Waals surface area contributed by atoms with E-state index in [0.29, 0.717) is 11.4 Å². The Hall–Kier alpha value is -3.54. The first-order valence-electron chi connectivity index (χ1n) is 9.58. The van der Waals surface area contributed by atoms with Crippen molar-refractivity contribution in [3.05, 3.63) is 83.3 Å². The van der Waals surface area contributed by atoms with Crippen LogP contribution in [0.25, 0.3) is 0 Å². The fourth-order valence-corrected chi connectivity index (χ4v) is 2.85. The van der Waals surface area contributed by atoms with Crippen LogP contribution in [0.15, 0.2) is 65.1 Å². The van der Waals surface area contributed by atoms with Crippen LogP contribution in [0.2, 0.25) is 0 Å². The fourth-order valence-electron chi connectivity index (χ4n) is 2.85. The number of amides is 1. The van der Waals surface area contributed by atoms with Crippen molar-refractivity contribution in [2.45, 2.75) is 32.8 Å².